The van der Waals surface area contributed by atoms with Crippen LogP contribution in [-0.4, -0.2) is 34.5 Å². The summed E-state index contributed by atoms with van der Waals surface area (Å²) in [5.41, 5.74) is 2.57. The van der Waals surface area contributed by atoms with Crippen molar-refractivity contribution in [3.8, 4) is 0 Å². The van der Waals surface area contributed by atoms with Crippen LogP contribution in [-0.2, 0) is 19.5 Å². The van der Waals surface area contributed by atoms with Gasteiger partial charge in [0, 0.05) is 60.7 Å². The Morgan fingerprint density at radius 2 is 2.04 bits per heavy atom. The third-order valence-corrected chi connectivity index (χ3v) is 6.23. The van der Waals surface area contributed by atoms with Gasteiger partial charge in [-0.05, 0) is 37.8 Å². The Hall–Kier alpha value is -1.46. The van der Waals surface area contributed by atoms with Gasteiger partial charge in [-0.2, -0.15) is 0 Å². The number of fused-ring (bicyclic) bond motifs is 1. The Labute approximate surface area is 148 Å². The summed E-state index contributed by atoms with van der Waals surface area (Å²) in [4.78, 5) is 17.3. The largest absolute Gasteiger partial charge is 0.341 e. The summed E-state index contributed by atoms with van der Waals surface area (Å²) in [5, 5.41) is 0. The van der Waals surface area contributed by atoms with E-state index >= 15 is 0 Å². The van der Waals surface area contributed by atoms with E-state index in [9.17, 15) is 0 Å². The number of anilines is 1. The second-order valence-electron chi connectivity index (χ2n) is 7.28. The third-order valence-electron chi connectivity index (χ3n) is 5.24. The normalized spacial score (nSPS) is 19.5. The average Bonchev–Trinajstić information content (AvgIpc) is 3.00. The van der Waals surface area contributed by atoms with Crippen molar-refractivity contribution in [2.24, 2.45) is 5.92 Å². The molecule has 0 radical (unpaired) electrons. The molecular formula is C19H26N4S. The molecule has 0 unspecified atom stereocenters. The maximum Gasteiger partial charge on any atom is 0.225 e. The minimum atomic E-state index is 0.841. The summed E-state index contributed by atoms with van der Waals surface area (Å²) in [6, 6.07) is 4.47. The lowest BCUT2D eigenvalue weighted by molar-refractivity contribution is 0.245. The lowest BCUT2D eigenvalue weighted by Gasteiger charge is -2.32. The molecule has 1 saturated heterocycles. The van der Waals surface area contributed by atoms with E-state index in [1.54, 1.807) is 0 Å². The summed E-state index contributed by atoms with van der Waals surface area (Å²) in [7, 11) is 0. The summed E-state index contributed by atoms with van der Waals surface area (Å²) in [5.74, 6) is 1.79. The van der Waals surface area contributed by atoms with E-state index in [0.717, 1.165) is 51.0 Å². The number of piperidine rings is 1. The van der Waals surface area contributed by atoms with E-state index in [4.69, 9.17) is 4.98 Å². The summed E-state index contributed by atoms with van der Waals surface area (Å²) in [6.45, 7) is 9.84. The Bertz CT molecular complexity index is 703. The minimum absolute atomic E-state index is 0.841. The van der Waals surface area contributed by atoms with Crippen LogP contribution in [0.4, 0.5) is 5.95 Å². The molecule has 0 spiro atoms. The van der Waals surface area contributed by atoms with Crippen molar-refractivity contribution >= 4 is 17.3 Å². The molecule has 0 aliphatic carbocycles. The quantitative estimate of drug-likeness (QED) is 0.852. The molecule has 24 heavy (non-hydrogen) atoms. The zero-order valence-electron chi connectivity index (χ0n) is 14.7. The molecule has 0 amide bonds. The lowest BCUT2D eigenvalue weighted by atomic mass is 9.99. The molecule has 4 heterocycles. The van der Waals surface area contributed by atoms with E-state index < -0.39 is 0 Å². The SMILES string of the molecule is Cc1ccc(CN2CCc3nc(N4CCC(C)CC4)ncc3C2)s1. The summed E-state index contributed by atoms with van der Waals surface area (Å²) >= 11 is 1.90. The molecule has 0 aromatic carbocycles. The maximum atomic E-state index is 4.90. The molecule has 0 N–H and O–H groups in total. The smallest absolute Gasteiger partial charge is 0.225 e. The van der Waals surface area contributed by atoms with Gasteiger partial charge in [0.2, 0.25) is 5.95 Å². The topological polar surface area (TPSA) is 32.3 Å². The highest BCUT2D eigenvalue weighted by Gasteiger charge is 2.22. The number of nitrogens with zero attached hydrogens (tertiary/aromatic N) is 4. The van der Waals surface area contributed by atoms with Gasteiger partial charge in [-0.15, -0.1) is 11.3 Å². The first-order valence-electron chi connectivity index (χ1n) is 9.05. The average molecular weight is 343 g/mol. The van der Waals surface area contributed by atoms with Gasteiger partial charge in [-0.3, -0.25) is 4.90 Å². The van der Waals surface area contributed by atoms with Crippen LogP contribution in [0.5, 0.6) is 0 Å². The number of rotatable bonds is 3. The Morgan fingerprint density at radius 1 is 1.21 bits per heavy atom. The Kier molecular flexibility index (Phi) is 4.55. The fraction of sp³-hybridized carbons (Fsp3) is 0.579. The van der Waals surface area contributed by atoms with Gasteiger partial charge in [0.1, 0.15) is 0 Å². The van der Waals surface area contributed by atoms with Crippen molar-refractivity contribution in [1.29, 1.82) is 0 Å². The predicted octanol–water partition coefficient (Wildman–Crippen LogP) is 3.64. The molecular weight excluding hydrogens is 316 g/mol. The van der Waals surface area contributed by atoms with Crippen molar-refractivity contribution < 1.29 is 0 Å². The number of aromatic nitrogens is 2. The second kappa shape index (κ2) is 6.81. The maximum absolute atomic E-state index is 4.90. The third kappa shape index (κ3) is 3.47. The number of aryl methyl sites for hydroxylation is 1. The van der Waals surface area contributed by atoms with Crippen molar-refractivity contribution in [2.45, 2.75) is 46.2 Å². The molecule has 0 saturated carbocycles. The number of hydrogen-bond acceptors (Lipinski definition) is 5. The van der Waals surface area contributed by atoms with Gasteiger partial charge in [0.25, 0.3) is 0 Å². The zero-order chi connectivity index (χ0) is 16.5. The van der Waals surface area contributed by atoms with Gasteiger partial charge >= 0.3 is 0 Å². The van der Waals surface area contributed by atoms with E-state index in [1.165, 1.54) is 33.9 Å². The molecule has 4 nitrogen and oxygen atoms in total. The van der Waals surface area contributed by atoms with Crippen LogP contribution in [0.2, 0.25) is 0 Å². The fourth-order valence-corrected chi connectivity index (χ4v) is 4.58. The highest BCUT2D eigenvalue weighted by molar-refractivity contribution is 7.11. The molecule has 0 atom stereocenters. The van der Waals surface area contributed by atoms with Crippen LogP contribution in [0.25, 0.3) is 0 Å². The molecule has 2 aliphatic rings. The van der Waals surface area contributed by atoms with Crippen LogP contribution in [0.3, 0.4) is 0 Å². The van der Waals surface area contributed by atoms with Gasteiger partial charge in [0.15, 0.2) is 0 Å². The molecule has 2 aromatic rings. The molecule has 128 valence electrons. The Balaban J connectivity index is 1.43. The number of hydrogen-bond donors (Lipinski definition) is 0. The van der Waals surface area contributed by atoms with E-state index in [1.807, 2.05) is 11.3 Å². The van der Waals surface area contributed by atoms with E-state index in [-0.39, 0.29) is 0 Å². The van der Waals surface area contributed by atoms with Crippen LogP contribution >= 0.6 is 11.3 Å². The highest BCUT2D eigenvalue weighted by Crippen LogP contribution is 2.25. The van der Waals surface area contributed by atoms with E-state index in [0.29, 0.717) is 0 Å². The van der Waals surface area contributed by atoms with Gasteiger partial charge in [0.05, 0.1) is 5.69 Å². The summed E-state index contributed by atoms with van der Waals surface area (Å²) in [6.07, 6.45) is 5.63. The first kappa shape index (κ1) is 16.0. The van der Waals surface area contributed by atoms with Gasteiger partial charge in [-0.25, -0.2) is 9.97 Å². The van der Waals surface area contributed by atoms with Crippen molar-refractivity contribution in [3.05, 3.63) is 39.3 Å². The van der Waals surface area contributed by atoms with Gasteiger partial charge < -0.3 is 4.90 Å². The summed E-state index contributed by atoms with van der Waals surface area (Å²) < 4.78 is 0. The van der Waals surface area contributed by atoms with E-state index in [2.05, 4.69) is 47.0 Å². The van der Waals surface area contributed by atoms with Crippen molar-refractivity contribution in [2.75, 3.05) is 24.5 Å². The Morgan fingerprint density at radius 3 is 2.79 bits per heavy atom. The number of thiophene rings is 1. The van der Waals surface area contributed by atoms with Crippen LogP contribution in [0.15, 0.2) is 18.3 Å². The van der Waals surface area contributed by atoms with Crippen molar-refractivity contribution in [1.82, 2.24) is 14.9 Å². The van der Waals surface area contributed by atoms with Crippen LogP contribution < -0.4 is 4.90 Å². The first-order chi connectivity index (χ1) is 11.7. The standard InChI is InChI=1S/C19H26N4S/c1-14-5-9-23(10-6-14)19-20-11-16-12-22(8-7-18(16)21-19)13-17-4-3-15(2)24-17/h3-4,11,14H,5-10,12-13H2,1-2H3. The monoisotopic (exact) mass is 342 g/mol. The van der Waals surface area contributed by atoms with Crippen LogP contribution in [0, 0.1) is 12.8 Å². The second-order valence-corrected chi connectivity index (χ2v) is 8.66. The molecule has 2 aromatic heterocycles. The molecule has 4 rings (SSSR count). The molecule has 2 aliphatic heterocycles. The van der Waals surface area contributed by atoms with Gasteiger partial charge in [-0.1, -0.05) is 6.92 Å². The highest BCUT2D eigenvalue weighted by atomic mass is 32.1. The molecule has 5 heteroatoms. The van der Waals surface area contributed by atoms with Crippen LogP contribution in [0.1, 0.15) is 40.8 Å². The minimum Gasteiger partial charge on any atom is -0.341 e. The molecule has 1 fully saturated rings. The van der Waals surface area contributed by atoms with Crippen molar-refractivity contribution in [3.63, 3.8) is 0 Å². The first-order valence-corrected chi connectivity index (χ1v) is 9.86. The zero-order valence-corrected chi connectivity index (χ0v) is 15.5. The molecule has 0 bridgehead atoms. The lowest BCUT2D eigenvalue weighted by Crippen LogP contribution is -2.35. The predicted molar refractivity (Wildman–Crippen MR) is 99.5 cm³/mol. The fourth-order valence-electron chi connectivity index (χ4n) is 3.65.